The van der Waals surface area contributed by atoms with Crippen molar-refractivity contribution < 1.29 is 9.53 Å². The fourth-order valence-corrected chi connectivity index (χ4v) is 7.17. The summed E-state index contributed by atoms with van der Waals surface area (Å²) >= 11 is 2.99. The number of amides is 1. The van der Waals surface area contributed by atoms with Crippen molar-refractivity contribution in [3.63, 3.8) is 0 Å². The highest BCUT2D eigenvalue weighted by molar-refractivity contribution is 7.99. The lowest BCUT2D eigenvalue weighted by Gasteiger charge is -2.18. The number of anilines is 1. The molecule has 34 heavy (non-hydrogen) atoms. The van der Waals surface area contributed by atoms with Crippen LogP contribution in [0.1, 0.15) is 47.8 Å². The van der Waals surface area contributed by atoms with Crippen LogP contribution >= 0.6 is 23.1 Å². The summed E-state index contributed by atoms with van der Waals surface area (Å²) in [4.78, 5) is 33.5. The summed E-state index contributed by atoms with van der Waals surface area (Å²) in [6.45, 7) is 7.52. The van der Waals surface area contributed by atoms with E-state index in [-0.39, 0.29) is 23.3 Å². The smallest absolute Gasteiger partial charge is 0.263 e. The number of nitrogens with one attached hydrogen (secondary N) is 1. The van der Waals surface area contributed by atoms with Crippen LogP contribution in [-0.2, 0) is 28.9 Å². The van der Waals surface area contributed by atoms with E-state index in [0.29, 0.717) is 17.6 Å². The number of thioether (sulfide) groups is 1. The first-order chi connectivity index (χ1) is 16.4. The van der Waals surface area contributed by atoms with Crippen molar-refractivity contribution in [1.29, 1.82) is 0 Å². The molecule has 1 saturated heterocycles. The summed E-state index contributed by atoms with van der Waals surface area (Å²) in [6, 6.07) is 5.98. The Labute approximate surface area is 208 Å². The van der Waals surface area contributed by atoms with Gasteiger partial charge in [-0.3, -0.25) is 14.2 Å². The first-order valence-electron chi connectivity index (χ1n) is 12.1. The zero-order valence-corrected chi connectivity index (χ0v) is 21.6. The van der Waals surface area contributed by atoms with Crippen LogP contribution in [-0.4, -0.2) is 33.9 Å². The van der Waals surface area contributed by atoms with Gasteiger partial charge in [0.05, 0.1) is 23.8 Å². The molecule has 2 aliphatic rings. The van der Waals surface area contributed by atoms with Gasteiger partial charge >= 0.3 is 0 Å². The number of nitrogens with zero attached hydrogens (tertiary/aromatic N) is 2. The Bertz CT molecular complexity index is 1290. The third-order valence-electron chi connectivity index (χ3n) is 6.78. The number of aromatic nitrogens is 2. The molecule has 1 fully saturated rings. The van der Waals surface area contributed by atoms with E-state index < -0.39 is 0 Å². The molecule has 180 valence electrons. The van der Waals surface area contributed by atoms with Crippen molar-refractivity contribution in [2.45, 2.75) is 70.7 Å². The van der Waals surface area contributed by atoms with Crippen LogP contribution in [0, 0.1) is 19.8 Å². The minimum Gasteiger partial charge on any atom is -0.376 e. The van der Waals surface area contributed by atoms with Crippen LogP contribution in [0.2, 0.25) is 0 Å². The number of carbonyl (C=O) groups excluding carboxylic acids is 1. The maximum Gasteiger partial charge on any atom is 0.263 e. The molecule has 1 aliphatic heterocycles. The van der Waals surface area contributed by atoms with Gasteiger partial charge in [0, 0.05) is 17.2 Å². The first-order valence-corrected chi connectivity index (χ1v) is 13.9. The van der Waals surface area contributed by atoms with Crippen molar-refractivity contribution in [1.82, 2.24) is 9.55 Å². The third-order valence-corrected chi connectivity index (χ3v) is 8.90. The van der Waals surface area contributed by atoms with Crippen LogP contribution < -0.4 is 10.9 Å². The number of carbonyl (C=O) groups is 1. The molecule has 6 nitrogen and oxygen atoms in total. The van der Waals surface area contributed by atoms with E-state index in [4.69, 9.17) is 9.72 Å². The molecule has 1 N–H and O–H groups in total. The molecule has 1 amide bonds. The number of rotatable bonds is 6. The minimum absolute atomic E-state index is 0.0184. The Hall–Kier alpha value is -2.16. The van der Waals surface area contributed by atoms with Gasteiger partial charge in [0.15, 0.2) is 5.16 Å². The Morgan fingerprint density at radius 2 is 2.18 bits per heavy atom. The minimum atomic E-state index is -0.103. The average Bonchev–Trinajstić information content (AvgIpc) is 3.43. The summed E-state index contributed by atoms with van der Waals surface area (Å²) in [6.07, 6.45) is 5.05. The van der Waals surface area contributed by atoms with Gasteiger partial charge in [-0.2, -0.15) is 0 Å². The highest BCUT2D eigenvalue weighted by Gasteiger charge is 2.26. The van der Waals surface area contributed by atoms with Gasteiger partial charge in [0.1, 0.15) is 4.83 Å². The fourth-order valence-electron chi connectivity index (χ4n) is 4.94. The van der Waals surface area contributed by atoms with Crippen molar-refractivity contribution in [3.05, 3.63) is 50.1 Å². The summed E-state index contributed by atoms with van der Waals surface area (Å²) in [7, 11) is 0. The number of benzene rings is 1. The molecule has 0 bridgehead atoms. The van der Waals surface area contributed by atoms with Crippen LogP contribution in [0.5, 0.6) is 0 Å². The number of aryl methyl sites for hydroxylation is 3. The third kappa shape index (κ3) is 4.81. The Morgan fingerprint density at radius 1 is 1.32 bits per heavy atom. The van der Waals surface area contributed by atoms with Gasteiger partial charge in [-0.1, -0.05) is 36.4 Å². The number of hydrogen-bond donors (Lipinski definition) is 1. The van der Waals surface area contributed by atoms with E-state index in [1.54, 1.807) is 15.9 Å². The van der Waals surface area contributed by atoms with Crippen molar-refractivity contribution in [2.24, 2.45) is 5.92 Å². The summed E-state index contributed by atoms with van der Waals surface area (Å²) in [5.74, 6) is 0.727. The van der Waals surface area contributed by atoms with Crippen molar-refractivity contribution >= 4 is 44.9 Å². The maximum absolute atomic E-state index is 13.7. The maximum atomic E-state index is 13.7. The Kier molecular flexibility index (Phi) is 6.82. The molecular weight excluding hydrogens is 466 g/mol. The zero-order valence-electron chi connectivity index (χ0n) is 20.0. The summed E-state index contributed by atoms with van der Waals surface area (Å²) in [5.41, 5.74) is 4.22. The molecule has 1 aliphatic carbocycles. The van der Waals surface area contributed by atoms with Crippen LogP contribution in [0.15, 0.2) is 28.2 Å². The second-order valence-electron chi connectivity index (χ2n) is 9.63. The van der Waals surface area contributed by atoms with E-state index in [1.807, 2.05) is 26.0 Å². The zero-order chi connectivity index (χ0) is 23.8. The lowest BCUT2D eigenvalue weighted by molar-refractivity contribution is -0.113. The summed E-state index contributed by atoms with van der Waals surface area (Å²) < 4.78 is 7.60. The van der Waals surface area contributed by atoms with E-state index in [1.165, 1.54) is 22.2 Å². The lowest BCUT2D eigenvalue weighted by Crippen LogP contribution is -2.29. The van der Waals surface area contributed by atoms with Gasteiger partial charge in [-0.05, 0) is 69.1 Å². The number of hydrogen-bond acceptors (Lipinski definition) is 6. The number of thiophene rings is 1. The Morgan fingerprint density at radius 3 is 2.94 bits per heavy atom. The highest BCUT2D eigenvalue weighted by atomic mass is 32.2. The molecule has 3 heterocycles. The quantitative estimate of drug-likeness (QED) is 0.378. The average molecular weight is 498 g/mol. The van der Waals surface area contributed by atoms with E-state index in [2.05, 4.69) is 18.3 Å². The molecule has 0 radical (unpaired) electrons. The highest BCUT2D eigenvalue weighted by Crippen LogP contribution is 2.36. The second-order valence-corrected chi connectivity index (χ2v) is 11.7. The van der Waals surface area contributed by atoms with E-state index in [0.717, 1.165) is 65.7 Å². The number of fused-ring (bicyclic) bond motifs is 3. The summed E-state index contributed by atoms with van der Waals surface area (Å²) in [5, 5.41) is 4.39. The second kappa shape index (κ2) is 9.84. The van der Waals surface area contributed by atoms with Crippen molar-refractivity contribution in [2.75, 3.05) is 17.7 Å². The topological polar surface area (TPSA) is 73.2 Å². The molecule has 0 spiro atoms. The predicted molar refractivity (Wildman–Crippen MR) is 139 cm³/mol. The molecule has 3 aromatic rings. The number of ether oxygens (including phenoxy) is 1. The molecule has 2 atom stereocenters. The van der Waals surface area contributed by atoms with Gasteiger partial charge in [-0.25, -0.2) is 4.98 Å². The molecule has 0 saturated carbocycles. The first kappa shape index (κ1) is 23.6. The van der Waals surface area contributed by atoms with Gasteiger partial charge < -0.3 is 10.1 Å². The van der Waals surface area contributed by atoms with Gasteiger partial charge in [0.25, 0.3) is 5.56 Å². The van der Waals surface area contributed by atoms with Crippen LogP contribution in [0.3, 0.4) is 0 Å². The molecule has 8 heteroatoms. The molecular formula is C26H31N3O3S2. The van der Waals surface area contributed by atoms with E-state index in [9.17, 15) is 9.59 Å². The van der Waals surface area contributed by atoms with E-state index >= 15 is 0 Å². The molecule has 2 aromatic heterocycles. The normalized spacial score (nSPS) is 20.0. The van der Waals surface area contributed by atoms with Gasteiger partial charge in [-0.15, -0.1) is 11.3 Å². The molecule has 5 rings (SSSR count). The fraction of sp³-hybridized carbons (Fsp3) is 0.500. The van der Waals surface area contributed by atoms with Gasteiger partial charge in [0.2, 0.25) is 5.91 Å². The molecule has 2 unspecified atom stereocenters. The largest absolute Gasteiger partial charge is 0.376 e. The lowest BCUT2D eigenvalue weighted by atomic mass is 9.89. The SMILES string of the molecule is Cc1ccc(NC(=O)CSc2nc3sc4c(c3c(=O)n2CC2CCCO2)CCC(C)C4)c(C)c1. The van der Waals surface area contributed by atoms with Crippen LogP contribution in [0.25, 0.3) is 10.2 Å². The Balaban J connectivity index is 1.43. The standard InChI is InChI=1S/C26H31N3O3S2/c1-15-7-9-20(17(3)11-15)27-22(30)14-33-26-28-24-23(19-8-6-16(2)12-21(19)34-24)25(31)29(26)13-18-5-4-10-32-18/h7,9,11,16,18H,4-6,8,10,12-14H2,1-3H3,(H,27,30). The predicted octanol–water partition coefficient (Wildman–Crippen LogP) is 5.11. The monoisotopic (exact) mass is 497 g/mol. The van der Waals surface area contributed by atoms with Crippen LogP contribution in [0.4, 0.5) is 5.69 Å². The van der Waals surface area contributed by atoms with Crippen molar-refractivity contribution in [3.8, 4) is 0 Å². The molecule has 1 aromatic carbocycles.